The van der Waals surface area contributed by atoms with Crippen LogP contribution in [-0.2, 0) is 4.79 Å². The summed E-state index contributed by atoms with van der Waals surface area (Å²) in [6.07, 6.45) is 3.57. The van der Waals surface area contributed by atoms with Gasteiger partial charge < -0.3 is 19.0 Å². The van der Waals surface area contributed by atoms with Gasteiger partial charge in [-0.3, -0.25) is 4.79 Å². The van der Waals surface area contributed by atoms with Crippen molar-refractivity contribution in [2.45, 2.75) is 33.1 Å². The Hall–Kier alpha value is -3.28. The lowest BCUT2D eigenvalue weighted by Crippen LogP contribution is -2.01. The first-order chi connectivity index (χ1) is 14.1. The van der Waals surface area contributed by atoms with Gasteiger partial charge in [0.2, 0.25) is 5.89 Å². The number of para-hydroxylation sites is 2. The Labute approximate surface area is 169 Å². The van der Waals surface area contributed by atoms with Gasteiger partial charge in [-0.1, -0.05) is 31.5 Å². The number of unbranched alkanes of at least 4 members (excludes halogenated alkanes) is 1. The molecule has 0 saturated heterocycles. The predicted molar refractivity (Wildman–Crippen MR) is 112 cm³/mol. The Bertz CT molecular complexity index is 972. The van der Waals surface area contributed by atoms with Crippen molar-refractivity contribution in [2.75, 3.05) is 13.2 Å². The fourth-order valence-electron chi connectivity index (χ4n) is 2.89. The Balaban J connectivity index is 1.95. The molecule has 0 bridgehead atoms. The van der Waals surface area contributed by atoms with E-state index in [2.05, 4.69) is 11.9 Å². The Morgan fingerprint density at radius 3 is 2.69 bits per heavy atom. The number of carboxylic acid groups (broad SMARTS) is 1. The first kappa shape index (κ1) is 20.5. The third-order valence-electron chi connectivity index (χ3n) is 4.27. The van der Waals surface area contributed by atoms with Crippen molar-refractivity contribution in [3.63, 3.8) is 0 Å². The minimum Gasteiger partial charge on any atom is -0.490 e. The SMILES string of the molecule is CCCCOc1ccc(/C=C(\CC(=O)O)c2nc3ccccc3o2)cc1OCC. The molecule has 0 fully saturated rings. The molecule has 6 nitrogen and oxygen atoms in total. The summed E-state index contributed by atoms with van der Waals surface area (Å²) in [7, 11) is 0. The molecule has 3 aromatic rings. The van der Waals surface area contributed by atoms with Gasteiger partial charge in [0.05, 0.1) is 19.6 Å². The van der Waals surface area contributed by atoms with E-state index in [1.807, 2.05) is 43.3 Å². The van der Waals surface area contributed by atoms with Gasteiger partial charge in [0.1, 0.15) is 5.52 Å². The molecule has 1 aromatic heterocycles. The largest absolute Gasteiger partial charge is 0.490 e. The molecule has 0 radical (unpaired) electrons. The van der Waals surface area contributed by atoms with Crippen molar-refractivity contribution < 1.29 is 23.8 Å². The van der Waals surface area contributed by atoms with Crippen molar-refractivity contribution in [1.29, 1.82) is 0 Å². The van der Waals surface area contributed by atoms with Crippen molar-refractivity contribution in [3.8, 4) is 11.5 Å². The molecule has 0 aliphatic heterocycles. The van der Waals surface area contributed by atoms with Crippen LogP contribution in [0.5, 0.6) is 11.5 Å². The highest BCUT2D eigenvalue weighted by Crippen LogP contribution is 2.31. The molecule has 0 aliphatic rings. The van der Waals surface area contributed by atoms with E-state index in [9.17, 15) is 9.90 Å². The average molecular weight is 395 g/mol. The van der Waals surface area contributed by atoms with Gasteiger partial charge in [-0.2, -0.15) is 0 Å². The van der Waals surface area contributed by atoms with Gasteiger partial charge in [-0.05, 0) is 49.2 Å². The second-order valence-electron chi connectivity index (χ2n) is 6.57. The minimum absolute atomic E-state index is 0.203. The highest BCUT2D eigenvalue weighted by atomic mass is 16.5. The van der Waals surface area contributed by atoms with Crippen molar-refractivity contribution in [1.82, 2.24) is 4.98 Å². The number of nitrogens with zero attached hydrogens (tertiary/aromatic N) is 1. The molecular formula is C23H25NO5. The average Bonchev–Trinajstić information content (AvgIpc) is 3.13. The first-order valence-electron chi connectivity index (χ1n) is 9.78. The van der Waals surface area contributed by atoms with Crippen molar-refractivity contribution >= 4 is 28.7 Å². The molecule has 0 spiro atoms. The number of aromatic nitrogens is 1. The second-order valence-corrected chi connectivity index (χ2v) is 6.57. The second kappa shape index (κ2) is 9.78. The normalized spacial score (nSPS) is 11.6. The molecule has 0 saturated carbocycles. The van der Waals surface area contributed by atoms with E-state index in [0.717, 1.165) is 18.4 Å². The molecule has 1 heterocycles. The molecule has 1 N–H and O–H groups in total. The smallest absolute Gasteiger partial charge is 0.308 e. The minimum atomic E-state index is -0.956. The number of ether oxygens (including phenoxy) is 2. The van der Waals surface area contributed by atoms with Crippen LogP contribution in [0.25, 0.3) is 22.7 Å². The number of fused-ring (bicyclic) bond motifs is 1. The number of carboxylic acids is 1. The maximum atomic E-state index is 11.4. The molecule has 6 heteroatoms. The van der Waals surface area contributed by atoms with E-state index < -0.39 is 5.97 Å². The van der Waals surface area contributed by atoms with Gasteiger partial charge in [0.15, 0.2) is 17.1 Å². The number of aliphatic carboxylic acids is 1. The molecular weight excluding hydrogens is 370 g/mol. The van der Waals surface area contributed by atoms with E-state index in [1.54, 1.807) is 12.1 Å². The lowest BCUT2D eigenvalue weighted by atomic mass is 10.1. The lowest BCUT2D eigenvalue weighted by Gasteiger charge is -2.12. The summed E-state index contributed by atoms with van der Waals surface area (Å²) in [5, 5.41) is 9.35. The van der Waals surface area contributed by atoms with Crippen LogP contribution < -0.4 is 9.47 Å². The molecule has 29 heavy (non-hydrogen) atoms. The quantitative estimate of drug-likeness (QED) is 0.462. The molecule has 2 aromatic carbocycles. The summed E-state index contributed by atoms with van der Waals surface area (Å²) < 4.78 is 17.3. The zero-order valence-electron chi connectivity index (χ0n) is 16.7. The zero-order chi connectivity index (χ0) is 20.6. The number of carbonyl (C=O) groups is 1. The monoisotopic (exact) mass is 395 g/mol. The van der Waals surface area contributed by atoms with Crippen LogP contribution in [0.1, 0.15) is 44.6 Å². The highest BCUT2D eigenvalue weighted by Gasteiger charge is 2.15. The van der Waals surface area contributed by atoms with Gasteiger partial charge >= 0.3 is 5.97 Å². The third kappa shape index (κ3) is 5.38. The number of hydrogen-bond acceptors (Lipinski definition) is 5. The molecule has 0 aliphatic carbocycles. The summed E-state index contributed by atoms with van der Waals surface area (Å²) in [6.45, 7) is 5.15. The Morgan fingerprint density at radius 2 is 1.97 bits per heavy atom. The van der Waals surface area contributed by atoms with Crippen LogP contribution in [0.3, 0.4) is 0 Å². The van der Waals surface area contributed by atoms with Crippen LogP contribution >= 0.6 is 0 Å². The summed E-state index contributed by atoms with van der Waals surface area (Å²) in [5.74, 6) is 0.654. The van der Waals surface area contributed by atoms with E-state index >= 15 is 0 Å². The number of hydrogen-bond donors (Lipinski definition) is 1. The van der Waals surface area contributed by atoms with Gasteiger partial charge in [0, 0.05) is 5.57 Å². The maximum Gasteiger partial charge on any atom is 0.308 e. The van der Waals surface area contributed by atoms with E-state index in [1.165, 1.54) is 0 Å². The standard InChI is InChI=1S/C23H25NO5/c1-3-5-12-28-20-11-10-16(14-21(20)27-4-2)13-17(15-22(25)26)23-24-18-8-6-7-9-19(18)29-23/h6-11,13-14H,3-5,12,15H2,1-2H3,(H,25,26)/b17-13+. The molecule has 3 rings (SSSR count). The van der Waals surface area contributed by atoms with E-state index in [4.69, 9.17) is 13.9 Å². The van der Waals surface area contributed by atoms with Crippen molar-refractivity contribution in [3.05, 3.63) is 53.9 Å². The molecule has 0 amide bonds. The Kier molecular flexibility index (Phi) is 6.89. The molecule has 0 atom stereocenters. The summed E-state index contributed by atoms with van der Waals surface area (Å²) in [5.41, 5.74) is 2.58. The van der Waals surface area contributed by atoms with Gasteiger partial charge in [0.25, 0.3) is 0 Å². The van der Waals surface area contributed by atoms with E-state index in [-0.39, 0.29) is 6.42 Å². The molecule has 0 unspecified atom stereocenters. The van der Waals surface area contributed by atoms with Gasteiger partial charge in [-0.25, -0.2) is 4.98 Å². The summed E-state index contributed by atoms with van der Waals surface area (Å²) >= 11 is 0. The molecule has 152 valence electrons. The van der Waals surface area contributed by atoms with Crippen LogP contribution in [0.4, 0.5) is 0 Å². The third-order valence-corrected chi connectivity index (χ3v) is 4.27. The fraction of sp³-hybridized carbons (Fsp3) is 0.304. The van der Waals surface area contributed by atoms with Crippen LogP contribution in [-0.4, -0.2) is 29.3 Å². The van der Waals surface area contributed by atoms with Crippen LogP contribution in [0.2, 0.25) is 0 Å². The van der Waals surface area contributed by atoms with Crippen LogP contribution in [0.15, 0.2) is 46.9 Å². The van der Waals surface area contributed by atoms with Crippen LogP contribution in [0, 0.1) is 0 Å². The van der Waals surface area contributed by atoms with Crippen molar-refractivity contribution in [2.24, 2.45) is 0 Å². The lowest BCUT2D eigenvalue weighted by molar-refractivity contribution is -0.135. The van der Waals surface area contributed by atoms with E-state index in [0.29, 0.717) is 47.3 Å². The number of oxazole rings is 1. The number of benzene rings is 2. The highest BCUT2D eigenvalue weighted by molar-refractivity contribution is 5.91. The summed E-state index contributed by atoms with van der Waals surface area (Å²) in [6, 6.07) is 12.9. The maximum absolute atomic E-state index is 11.4. The summed E-state index contributed by atoms with van der Waals surface area (Å²) in [4.78, 5) is 15.8. The van der Waals surface area contributed by atoms with Gasteiger partial charge in [-0.15, -0.1) is 0 Å². The Morgan fingerprint density at radius 1 is 1.14 bits per heavy atom. The zero-order valence-corrected chi connectivity index (χ0v) is 16.7. The predicted octanol–water partition coefficient (Wildman–Crippen LogP) is 5.42. The fourth-order valence-corrected chi connectivity index (χ4v) is 2.89. The first-order valence-corrected chi connectivity index (χ1v) is 9.78. The number of rotatable bonds is 10. The topological polar surface area (TPSA) is 81.8 Å².